The normalized spacial score (nSPS) is 22.0. The zero-order valence-corrected chi connectivity index (χ0v) is 21.0. The third-order valence-corrected chi connectivity index (χ3v) is 7.73. The van der Waals surface area contributed by atoms with Crippen LogP contribution in [0.3, 0.4) is 0 Å². The number of ether oxygens (including phenoxy) is 1. The van der Waals surface area contributed by atoms with E-state index in [0.29, 0.717) is 31.7 Å². The van der Waals surface area contributed by atoms with Crippen LogP contribution < -0.4 is 9.73 Å². The summed E-state index contributed by atoms with van der Waals surface area (Å²) in [7, 11) is -0.798. The molecule has 14 heteroatoms. The maximum Gasteiger partial charge on any atom is 0.416 e. The average molecular weight is 546 g/mol. The van der Waals surface area contributed by atoms with E-state index >= 15 is 0 Å². The number of nitrogens with zero attached hydrogens (tertiary/aromatic N) is 4. The van der Waals surface area contributed by atoms with E-state index in [0.717, 1.165) is 16.4 Å². The Kier molecular flexibility index (Phi) is 7.76. The molecule has 2 aliphatic heterocycles. The summed E-state index contributed by atoms with van der Waals surface area (Å²) in [5.74, 6) is -0.523. The molecule has 4 rings (SSSR count). The molecule has 2 aromatic carbocycles. The molecule has 2 fully saturated rings. The number of hydrazine groups is 1. The molecule has 1 N–H and O–H groups in total. The van der Waals surface area contributed by atoms with Gasteiger partial charge in [0.15, 0.2) is 0 Å². The van der Waals surface area contributed by atoms with Crippen molar-refractivity contribution >= 4 is 22.0 Å². The number of nitrogens with one attached hydrogen (secondary N) is 1. The number of anilines is 1. The Labute approximate surface area is 212 Å². The van der Waals surface area contributed by atoms with Crippen LogP contribution in [0.15, 0.2) is 48.5 Å². The van der Waals surface area contributed by atoms with E-state index < -0.39 is 46.0 Å². The number of hydrogen-bond acceptors (Lipinski definition) is 6. The second kappa shape index (κ2) is 10.5. The van der Waals surface area contributed by atoms with Crippen molar-refractivity contribution in [3.8, 4) is 0 Å². The zero-order valence-electron chi connectivity index (χ0n) is 20.2. The summed E-state index contributed by atoms with van der Waals surface area (Å²) < 4.78 is 84.1. The SMILES string of the molecule is CN(C)S(=O)(=O)NN1CCN(C[C@@H]2OC(=O)N(c3ccc(C(F)(F)F)cc3)[C@H]2c2cccc(F)c2)CC1. The highest BCUT2D eigenvalue weighted by molar-refractivity contribution is 7.87. The zero-order chi connectivity index (χ0) is 27.0. The first-order valence-electron chi connectivity index (χ1n) is 11.4. The summed E-state index contributed by atoms with van der Waals surface area (Å²) in [5, 5.41) is 1.57. The minimum Gasteiger partial charge on any atom is -0.442 e. The first-order chi connectivity index (χ1) is 17.3. The molecule has 37 heavy (non-hydrogen) atoms. The number of hydrogen-bond donors (Lipinski definition) is 1. The molecule has 0 radical (unpaired) electrons. The van der Waals surface area contributed by atoms with Gasteiger partial charge < -0.3 is 4.74 Å². The molecule has 2 aliphatic rings. The Bertz CT molecular complexity index is 1220. The van der Waals surface area contributed by atoms with Gasteiger partial charge >= 0.3 is 12.3 Å². The third-order valence-electron chi connectivity index (χ3n) is 6.28. The number of piperazine rings is 1. The van der Waals surface area contributed by atoms with Crippen LogP contribution in [0.4, 0.5) is 28.0 Å². The molecule has 0 spiro atoms. The minimum absolute atomic E-state index is 0.192. The summed E-state index contributed by atoms with van der Waals surface area (Å²) in [6.07, 6.45) is -6.03. The number of carbonyl (C=O) groups is 1. The quantitative estimate of drug-likeness (QED) is 0.539. The molecular weight excluding hydrogens is 518 g/mol. The first-order valence-corrected chi connectivity index (χ1v) is 12.9. The van der Waals surface area contributed by atoms with E-state index in [9.17, 15) is 30.8 Å². The van der Waals surface area contributed by atoms with E-state index in [-0.39, 0.29) is 12.2 Å². The van der Waals surface area contributed by atoms with Crippen molar-refractivity contribution in [2.45, 2.75) is 18.3 Å². The molecule has 0 aromatic heterocycles. The molecule has 2 atom stereocenters. The maximum absolute atomic E-state index is 14.1. The van der Waals surface area contributed by atoms with Crippen LogP contribution >= 0.6 is 0 Å². The molecular formula is C23H27F4N5O4S. The molecule has 2 saturated heterocycles. The smallest absolute Gasteiger partial charge is 0.416 e. The lowest BCUT2D eigenvalue weighted by Crippen LogP contribution is -2.56. The largest absolute Gasteiger partial charge is 0.442 e. The Morgan fingerprint density at radius 2 is 1.70 bits per heavy atom. The van der Waals surface area contributed by atoms with Crippen molar-refractivity contribution in [2.24, 2.45) is 0 Å². The third kappa shape index (κ3) is 6.21. The van der Waals surface area contributed by atoms with Crippen molar-refractivity contribution in [2.75, 3.05) is 51.7 Å². The highest BCUT2D eigenvalue weighted by atomic mass is 32.2. The van der Waals surface area contributed by atoms with Crippen LogP contribution in [0.2, 0.25) is 0 Å². The van der Waals surface area contributed by atoms with Crippen molar-refractivity contribution in [1.82, 2.24) is 19.0 Å². The van der Waals surface area contributed by atoms with Gasteiger partial charge in [0.25, 0.3) is 10.2 Å². The summed E-state index contributed by atoms with van der Waals surface area (Å²) >= 11 is 0. The van der Waals surface area contributed by atoms with Gasteiger partial charge in [-0.3, -0.25) is 9.80 Å². The van der Waals surface area contributed by atoms with Crippen LogP contribution in [0.1, 0.15) is 17.2 Å². The summed E-state index contributed by atoms with van der Waals surface area (Å²) in [6.45, 7) is 1.93. The molecule has 0 unspecified atom stereocenters. The number of amides is 1. The van der Waals surface area contributed by atoms with Crippen LogP contribution in [0.5, 0.6) is 0 Å². The first kappa shape index (κ1) is 27.3. The summed E-state index contributed by atoms with van der Waals surface area (Å²) in [4.78, 5) is 18.6. The molecule has 0 bridgehead atoms. The van der Waals surface area contributed by atoms with Gasteiger partial charge in [0.2, 0.25) is 0 Å². The predicted octanol–water partition coefficient (Wildman–Crippen LogP) is 2.84. The topological polar surface area (TPSA) is 85.4 Å². The van der Waals surface area contributed by atoms with Gasteiger partial charge in [0.1, 0.15) is 18.0 Å². The van der Waals surface area contributed by atoms with E-state index in [1.165, 1.54) is 49.3 Å². The number of alkyl halides is 3. The number of halogens is 4. The van der Waals surface area contributed by atoms with Gasteiger partial charge in [0.05, 0.1) is 5.56 Å². The van der Waals surface area contributed by atoms with Crippen molar-refractivity contribution in [3.63, 3.8) is 0 Å². The molecule has 0 saturated carbocycles. The van der Waals surface area contributed by atoms with Gasteiger partial charge in [-0.15, -0.1) is 4.83 Å². The fourth-order valence-corrected chi connectivity index (χ4v) is 4.99. The molecule has 0 aliphatic carbocycles. The Hall–Kier alpha value is -2.78. The molecule has 9 nitrogen and oxygen atoms in total. The molecule has 1 amide bonds. The van der Waals surface area contributed by atoms with Crippen LogP contribution in [-0.4, -0.2) is 81.6 Å². The van der Waals surface area contributed by atoms with E-state index in [1.807, 2.05) is 4.90 Å². The van der Waals surface area contributed by atoms with Gasteiger partial charge in [-0.25, -0.2) is 14.2 Å². The highest BCUT2D eigenvalue weighted by Crippen LogP contribution is 2.39. The lowest BCUT2D eigenvalue weighted by molar-refractivity contribution is -0.137. The predicted molar refractivity (Wildman–Crippen MR) is 127 cm³/mol. The standard InChI is InChI=1S/C23H27F4N5O4S/c1-29(2)37(34,35)28-31-12-10-30(11-13-31)15-20-21(16-4-3-5-18(24)14-16)32(22(33)36-20)19-8-6-17(7-9-19)23(25,26)27/h3-9,14,20-21,28H,10-13,15H2,1-2H3/t20-,21-/m0/s1. The van der Waals surface area contributed by atoms with Crippen LogP contribution in [0, 0.1) is 5.82 Å². The molecule has 202 valence electrons. The van der Waals surface area contributed by atoms with Gasteiger partial charge in [-0.2, -0.15) is 25.9 Å². The number of carbonyl (C=O) groups excluding carboxylic acids is 1. The average Bonchev–Trinajstić information content (AvgIpc) is 3.15. The highest BCUT2D eigenvalue weighted by Gasteiger charge is 2.45. The van der Waals surface area contributed by atoms with E-state index in [1.54, 1.807) is 11.1 Å². The second-order valence-electron chi connectivity index (χ2n) is 9.00. The monoisotopic (exact) mass is 545 g/mol. The molecule has 2 heterocycles. The van der Waals surface area contributed by atoms with E-state index in [4.69, 9.17) is 4.74 Å². The van der Waals surface area contributed by atoms with E-state index in [2.05, 4.69) is 4.83 Å². The Balaban J connectivity index is 1.53. The fraction of sp³-hybridized carbons (Fsp3) is 0.435. The molecule has 2 aromatic rings. The maximum atomic E-state index is 14.1. The van der Waals surface area contributed by atoms with Gasteiger partial charge in [-0.1, -0.05) is 12.1 Å². The van der Waals surface area contributed by atoms with Gasteiger partial charge in [-0.05, 0) is 42.0 Å². The van der Waals surface area contributed by atoms with Crippen LogP contribution in [-0.2, 0) is 21.1 Å². The Morgan fingerprint density at radius 3 is 2.27 bits per heavy atom. The fourth-order valence-electron chi connectivity index (χ4n) is 4.32. The minimum atomic E-state index is -4.53. The summed E-state index contributed by atoms with van der Waals surface area (Å²) in [6, 6.07) is 9.00. The second-order valence-corrected chi connectivity index (χ2v) is 10.9. The number of cyclic esters (lactones) is 1. The van der Waals surface area contributed by atoms with Crippen molar-refractivity contribution in [3.05, 3.63) is 65.5 Å². The lowest BCUT2D eigenvalue weighted by atomic mass is 9.99. The van der Waals surface area contributed by atoms with Gasteiger partial charge in [0, 0.05) is 52.5 Å². The summed E-state index contributed by atoms with van der Waals surface area (Å²) in [5.41, 5.74) is -0.226. The van der Waals surface area contributed by atoms with Crippen molar-refractivity contribution in [1.29, 1.82) is 0 Å². The number of rotatable bonds is 7. The lowest BCUT2D eigenvalue weighted by Gasteiger charge is -2.36. The van der Waals surface area contributed by atoms with Crippen LogP contribution in [0.25, 0.3) is 0 Å². The van der Waals surface area contributed by atoms with Crippen molar-refractivity contribution < 1.29 is 35.5 Å². The Morgan fingerprint density at radius 1 is 1.05 bits per heavy atom. The number of benzene rings is 2.